The number of carbonyl (C=O) groups is 2. The number of hydrogen-bond donors (Lipinski definition) is 1. The molecule has 1 aliphatic rings. The Balaban J connectivity index is 1.36. The first-order valence-electron chi connectivity index (χ1n) is 9.71. The van der Waals surface area contributed by atoms with Crippen LogP contribution in [0.5, 0.6) is 0 Å². The molecule has 8 nitrogen and oxygen atoms in total. The molecule has 1 atom stereocenters. The summed E-state index contributed by atoms with van der Waals surface area (Å²) < 4.78 is 1.72. The summed E-state index contributed by atoms with van der Waals surface area (Å²) in [5, 5.41) is 7.40. The number of aromatic nitrogens is 4. The zero-order chi connectivity index (χ0) is 20.9. The largest absolute Gasteiger partial charge is 0.338 e. The third-order valence-corrected chi connectivity index (χ3v) is 5.29. The standard InChI is InChI=1S/C21H21ClN6O2/c22-18-7-8-19(24-10-18)26-20(29)17-2-1-9-27(12-17)21(30)16-5-3-15(4-6-16)11-28-14-23-13-25-28/h3-8,10,13-14,17H,1-2,9,11-12H2,(H,24,26,29). The first kappa shape index (κ1) is 20.0. The van der Waals surface area contributed by atoms with Gasteiger partial charge in [0.2, 0.25) is 5.91 Å². The number of benzene rings is 1. The van der Waals surface area contributed by atoms with E-state index in [-0.39, 0.29) is 17.7 Å². The van der Waals surface area contributed by atoms with Crippen LogP contribution in [-0.2, 0) is 11.3 Å². The van der Waals surface area contributed by atoms with E-state index in [1.807, 2.05) is 24.3 Å². The van der Waals surface area contributed by atoms with E-state index in [2.05, 4.69) is 20.4 Å². The predicted molar refractivity (Wildman–Crippen MR) is 112 cm³/mol. The highest BCUT2D eigenvalue weighted by atomic mass is 35.5. The summed E-state index contributed by atoms with van der Waals surface area (Å²) >= 11 is 5.83. The van der Waals surface area contributed by atoms with Gasteiger partial charge >= 0.3 is 0 Å². The molecule has 2 aromatic heterocycles. The molecule has 3 aromatic rings. The zero-order valence-corrected chi connectivity index (χ0v) is 17.0. The molecule has 1 saturated heterocycles. The fourth-order valence-electron chi connectivity index (χ4n) is 3.49. The van der Waals surface area contributed by atoms with Gasteiger partial charge in [0.15, 0.2) is 0 Å². The van der Waals surface area contributed by atoms with Crippen LogP contribution in [0.2, 0.25) is 5.02 Å². The molecule has 2 amide bonds. The average molecular weight is 425 g/mol. The molecule has 1 N–H and O–H groups in total. The van der Waals surface area contributed by atoms with Crippen molar-refractivity contribution in [2.75, 3.05) is 18.4 Å². The molecular formula is C21H21ClN6O2. The highest BCUT2D eigenvalue weighted by Gasteiger charge is 2.29. The van der Waals surface area contributed by atoms with E-state index in [4.69, 9.17) is 11.6 Å². The molecule has 0 aliphatic carbocycles. The molecule has 154 valence electrons. The lowest BCUT2D eigenvalue weighted by Gasteiger charge is -2.32. The summed E-state index contributed by atoms with van der Waals surface area (Å²) in [5.41, 5.74) is 1.64. The van der Waals surface area contributed by atoms with Crippen LogP contribution < -0.4 is 5.32 Å². The van der Waals surface area contributed by atoms with Gasteiger partial charge in [0, 0.05) is 24.8 Å². The highest BCUT2D eigenvalue weighted by molar-refractivity contribution is 6.30. The molecule has 4 rings (SSSR count). The van der Waals surface area contributed by atoms with Crippen LogP contribution in [0, 0.1) is 5.92 Å². The molecule has 9 heteroatoms. The number of likely N-dealkylation sites (tertiary alicyclic amines) is 1. The van der Waals surface area contributed by atoms with E-state index in [9.17, 15) is 9.59 Å². The second kappa shape index (κ2) is 9.04. The van der Waals surface area contributed by atoms with Crippen LogP contribution in [0.4, 0.5) is 5.82 Å². The molecule has 1 unspecified atom stereocenters. The van der Waals surface area contributed by atoms with Crippen LogP contribution in [0.1, 0.15) is 28.8 Å². The van der Waals surface area contributed by atoms with Gasteiger partial charge in [-0.3, -0.25) is 9.59 Å². The van der Waals surface area contributed by atoms with Gasteiger partial charge in [-0.05, 0) is 42.7 Å². The number of pyridine rings is 1. The van der Waals surface area contributed by atoms with Crippen LogP contribution in [-0.4, -0.2) is 49.6 Å². The van der Waals surface area contributed by atoms with Crippen molar-refractivity contribution in [2.45, 2.75) is 19.4 Å². The van der Waals surface area contributed by atoms with Gasteiger partial charge in [-0.15, -0.1) is 0 Å². The number of hydrogen-bond acceptors (Lipinski definition) is 5. The van der Waals surface area contributed by atoms with Crippen molar-refractivity contribution in [1.82, 2.24) is 24.6 Å². The number of piperidine rings is 1. The predicted octanol–water partition coefficient (Wildman–Crippen LogP) is 2.87. The monoisotopic (exact) mass is 424 g/mol. The average Bonchev–Trinajstić information content (AvgIpc) is 3.28. The highest BCUT2D eigenvalue weighted by Crippen LogP contribution is 2.21. The van der Waals surface area contributed by atoms with Gasteiger partial charge in [-0.25, -0.2) is 14.6 Å². The van der Waals surface area contributed by atoms with Crippen LogP contribution in [0.15, 0.2) is 55.2 Å². The Kier molecular flexibility index (Phi) is 6.04. The van der Waals surface area contributed by atoms with Crippen molar-refractivity contribution in [1.29, 1.82) is 0 Å². The molecule has 1 aliphatic heterocycles. The lowest BCUT2D eigenvalue weighted by Crippen LogP contribution is -2.43. The summed E-state index contributed by atoms with van der Waals surface area (Å²) in [5.74, 6) is -0.0162. The molecule has 30 heavy (non-hydrogen) atoms. The third kappa shape index (κ3) is 4.83. The summed E-state index contributed by atoms with van der Waals surface area (Å²) in [7, 11) is 0. The molecular weight excluding hydrogens is 404 g/mol. The van der Waals surface area contributed by atoms with E-state index in [0.29, 0.717) is 36.0 Å². The number of amides is 2. The SMILES string of the molecule is O=C(Nc1ccc(Cl)cn1)C1CCCN(C(=O)c2ccc(Cn3cncn3)cc2)C1. The molecule has 0 spiro atoms. The Morgan fingerprint density at radius 1 is 1.17 bits per heavy atom. The van der Waals surface area contributed by atoms with E-state index in [1.165, 1.54) is 12.5 Å². The normalized spacial score (nSPS) is 16.3. The molecule has 1 aromatic carbocycles. The second-order valence-electron chi connectivity index (χ2n) is 7.23. The van der Waals surface area contributed by atoms with E-state index in [1.54, 1.807) is 28.0 Å². The second-order valence-corrected chi connectivity index (χ2v) is 7.67. The van der Waals surface area contributed by atoms with Gasteiger partial charge in [-0.2, -0.15) is 5.10 Å². The number of anilines is 1. The smallest absolute Gasteiger partial charge is 0.253 e. The summed E-state index contributed by atoms with van der Waals surface area (Å²) in [6.45, 7) is 1.63. The maximum Gasteiger partial charge on any atom is 0.253 e. The van der Waals surface area contributed by atoms with Crippen LogP contribution in [0.3, 0.4) is 0 Å². The van der Waals surface area contributed by atoms with Crippen LogP contribution in [0.25, 0.3) is 0 Å². The van der Waals surface area contributed by atoms with Gasteiger partial charge in [0.25, 0.3) is 5.91 Å². The number of rotatable bonds is 5. The first-order chi connectivity index (χ1) is 14.6. The minimum absolute atomic E-state index is 0.0653. The van der Waals surface area contributed by atoms with Crippen molar-refractivity contribution < 1.29 is 9.59 Å². The van der Waals surface area contributed by atoms with Crippen molar-refractivity contribution >= 4 is 29.2 Å². The fraction of sp³-hybridized carbons (Fsp3) is 0.286. The Morgan fingerprint density at radius 2 is 2.00 bits per heavy atom. The number of carbonyl (C=O) groups excluding carboxylic acids is 2. The van der Waals surface area contributed by atoms with Gasteiger partial charge in [0.05, 0.1) is 17.5 Å². The molecule has 1 fully saturated rings. The van der Waals surface area contributed by atoms with Crippen molar-refractivity contribution in [3.63, 3.8) is 0 Å². The zero-order valence-electron chi connectivity index (χ0n) is 16.2. The van der Waals surface area contributed by atoms with Crippen LogP contribution >= 0.6 is 11.6 Å². The first-order valence-corrected chi connectivity index (χ1v) is 10.1. The Hall–Kier alpha value is -3.26. The third-order valence-electron chi connectivity index (χ3n) is 5.07. The lowest BCUT2D eigenvalue weighted by molar-refractivity contribution is -0.121. The number of halogens is 1. The Bertz CT molecular complexity index is 1000. The van der Waals surface area contributed by atoms with E-state index < -0.39 is 0 Å². The van der Waals surface area contributed by atoms with Gasteiger partial charge in [0.1, 0.15) is 18.5 Å². The maximum atomic E-state index is 12.9. The Morgan fingerprint density at radius 3 is 2.70 bits per heavy atom. The van der Waals surface area contributed by atoms with Gasteiger partial charge < -0.3 is 10.2 Å². The number of nitrogens with one attached hydrogen (secondary N) is 1. The summed E-state index contributed by atoms with van der Waals surface area (Å²) in [6, 6.07) is 10.8. The quantitative estimate of drug-likeness (QED) is 0.679. The molecule has 0 radical (unpaired) electrons. The Labute approximate surface area is 178 Å². The summed E-state index contributed by atoms with van der Waals surface area (Å²) in [4.78, 5) is 35.3. The lowest BCUT2D eigenvalue weighted by atomic mass is 9.96. The fourth-order valence-corrected chi connectivity index (χ4v) is 3.60. The van der Waals surface area contributed by atoms with Gasteiger partial charge in [-0.1, -0.05) is 23.7 Å². The number of nitrogens with zero attached hydrogens (tertiary/aromatic N) is 5. The molecule has 3 heterocycles. The van der Waals surface area contributed by atoms with Crippen molar-refractivity contribution in [2.24, 2.45) is 5.92 Å². The maximum absolute atomic E-state index is 12.9. The molecule has 0 bridgehead atoms. The topological polar surface area (TPSA) is 93.0 Å². The minimum Gasteiger partial charge on any atom is -0.338 e. The minimum atomic E-state index is -0.272. The van der Waals surface area contributed by atoms with Crippen molar-refractivity contribution in [3.05, 3.63) is 71.4 Å². The summed E-state index contributed by atoms with van der Waals surface area (Å²) in [6.07, 6.45) is 6.14. The van der Waals surface area contributed by atoms with E-state index in [0.717, 1.165) is 18.4 Å². The molecule has 0 saturated carbocycles. The van der Waals surface area contributed by atoms with E-state index >= 15 is 0 Å². The van der Waals surface area contributed by atoms with Crippen molar-refractivity contribution in [3.8, 4) is 0 Å².